The van der Waals surface area contributed by atoms with Crippen LogP contribution in [0.15, 0.2) is 24.3 Å². The molecule has 1 fully saturated rings. The number of carboxylic acid groups (broad SMARTS) is 1. The minimum Gasteiger partial charge on any atom is -0.543 e. The van der Waals surface area contributed by atoms with Gasteiger partial charge in [-0.05, 0) is 38.0 Å². The van der Waals surface area contributed by atoms with Gasteiger partial charge in [0.2, 0.25) is 0 Å². The SMILES string of the molecule is CCCCCC/C=C/[C@H]1CCC(=O)[C@@H]1C/C=C\CC(C)C(OC(C)=O)(OC(C)=O)C(=O)[O-].[Ag+]. The van der Waals surface area contributed by atoms with Gasteiger partial charge in [0.25, 0.3) is 0 Å². The van der Waals surface area contributed by atoms with Gasteiger partial charge in [0.1, 0.15) is 11.8 Å². The fourth-order valence-corrected chi connectivity index (χ4v) is 4.06. The van der Waals surface area contributed by atoms with Crippen molar-refractivity contribution in [1.29, 1.82) is 0 Å². The first-order valence-corrected chi connectivity index (χ1v) is 11.6. The molecule has 1 aliphatic carbocycles. The molecule has 0 aromatic carbocycles. The molecule has 7 nitrogen and oxygen atoms in total. The number of hydrogen-bond donors (Lipinski definition) is 0. The van der Waals surface area contributed by atoms with E-state index in [0.29, 0.717) is 12.8 Å². The molecule has 3 atom stereocenters. The minimum absolute atomic E-state index is 0. The molecule has 1 aliphatic rings. The molecule has 0 radical (unpaired) electrons. The van der Waals surface area contributed by atoms with Crippen molar-refractivity contribution in [2.24, 2.45) is 17.8 Å². The van der Waals surface area contributed by atoms with Gasteiger partial charge in [-0.3, -0.25) is 14.4 Å². The second-order valence-electron chi connectivity index (χ2n) is 8.54. The zero-order valence-electron chi connectivity index (χ0n) is 20.1. The van der Waals surface area contributed by atoms with E-state index in [2.05, 4.69) is 19.1 Å². The van der Waals surface area contributed by atoms with Crippen molar-refractivity contribution in [2.45, 2.75) is 91.3 Å². The fourth-order valence-electron chi connectivity index (χ4n) is 4.06. The first-order chi connectivity index (χ1) is 15.1. The summed E-state index contributed by atoms with van der Waals surface area (Å²) in [5, 5.41) is 11.7. The van der Waals surface area contributed by atoms with Gasteiger partial charge >= 0.3 is 40.1 Å². The first-order valence-electron chi connectivity index (χ1n) is 11.6. The van der Waals surface area contributed by atoms with E-state index in [-0.39, 0.29) is 46.4 Å². The first kappa shape index (κ1) is 31.3. The van der Waals surface area contributed by atoms with Gasteiger partial charge in [0.15, 0.2) is 0 Å². The van der Waals surface area contributed by atoms with E-state index < -0.39 is 29.6 Å². The van der Waals surface area contributed by atoms with Gasteiger partial charge in [-0.2, -0.15) is 0 Å². The number of rotatable bonds is 14. The van der Waals surface area contributed by atoms with E-state index in [1.165, 1.54) is 26.2 Å². The minimum atomic E-state index is -2.49. The molecular formula is C25H37AgO7. The summed E-state index contributed by atoms with van der Waals surface area (Å²) in [6.07, 6.45) is 15.9. The molecule has 0 saturated heterocycles. The Kier molecular flexibility index (Phi) is 15.2. The van der Waals surface area contributed by atoms with Crippen LogP contribution in [0.4, 0.5) is 0 Å². The van der Waals surface area contributed by atoms with Crippen molar-refractivity contribution >= 4 is 23.7 Å². The van der Waals surface area contributed by atoms with E-state index in [1.807, 2.05) is 6.08 Å². The molecule has 0 N–H and O–H groups in total. The molecule has 0 aliphatic heterocycles. The maximum atomic E-state index is 12.3. The van der Waals surface area contributed by atoms with Gasteiger partial charge < -0.3 is 19.4 Å². The zero-order valence-corrected chi connectivity index (χ0v) is 21.5. The van der Waals surface area contributed by atoms with Gasteiger partial charge in [-0.25, -0.2) is 0 Å². The number of carbonyl (C=O) groups excluding carboxylic acids is 4. The van der Waals surface area contributed by atoms with Gasteiger partial charge in [0.05, 0.1) is 0 Å². The third-order valence-corrected chi connectivity index (χ3v) is 5.83. The third-order valence-electron chi connectivity index (χ3n) is 5.83. The van der Waals surface area contributed by atoms with Crippen molar-refractivity contribution in [3.8, 4) is 0 Å². The van der Waals surface area contributed by atoms with E-state index >= 15 is 0 Å². The van der Waals surface area contributed by atoms with Crippen molar-refractivity contribution < 1.29 is 56.1 Å². The fraction of sp³-hybridized carbons (Fsp3) is 0.680. The van der Waals surface area contributed by atoms with Crippen LogP contribution in [0.2, 0.25) is 0 Å². The number of carbonyl (C=O) groups is 4. The Bertz CT molecular complexity index is 698. The topological polar surface area (TPSA) is 110 Å². The van der Waals surface area contributed by atoms with Crippen molar-refractivity contribution in [2.75, 3.05) is 0 Å². The smallest absolute Gasteiger partial charge is 0.543 e. The molecule has 190 valence electrons. The van der Waals surface area contributed by atoms with Crippen LogP contribution in [-0.4, -0.2) is 29.5 Å². The summed E-state index contributed by atoms with van der Waals surface area (Å²) in [5.74, 6) is -6.57. The molecule has 8 heteroatoms. The Morgan fingerprint density at radius 3 is 2.27 bits per heavy atom. The molecule has 0 aromatic rings. The number of aliphatic carboxylic acids is 1. The van der Waals surface area contributed by atoms with Crippen LogP contribution in [-0.2, 0) is 51.0 Å². The largest absolute Gasteiger partial charge is 1.00 e. The van der Waals surface area contributed by atoms with Gasteiger partial charge in [0, 0.05) is 32.1 Å². The van der Waals surface area contributed by atoms with Crippen LogP contribution in [0.1, 0.15) is 85.5 Å². The maximum absolute atomic E-state index is 12.3. The van der Waals surface area contributed by atoms with Gasteiger partial charge in [-0.15, -0.1) is 0 Å². The van der Waals surface area contributed by atoms with Crippen LogP contribution in [0, 0.1) is 17.8 Å². The summed E-state index contributed by atoms with van der Waals surface area (Å²) in [6, 6.07) is 0. The Morgan fingerprint density at radius 2 is 1.73 bits per heavy atom. The van der Waals surface area contributed by atoms with E-state index in [9.17, 15) is 24.3 Å². The Balaban J connectivity index is 0.0000102. The van der Waals surface area contributed by atoms with Crippen molar-refractivity contribution in [3.05, 3.63) is 24.3 Å². The number of ether oxygens (including phenoxy) is 2. The molecule has 33 heavy (non-hydrogen) atoms. The quantitative estimate of drug-likeness (QED) is 0.105. The molecular weight excluding hydrogens is 520 g/mol. The molecule has 0 heterocycles. The third kappa shape index (κ3) is 10.4. The zero-order chi connectivity index (χ0) is 24.1. The monoisotopic (exact) mass is 556 g/mol. The Labute approximate surface area is 212 Å². The second kappa shape index (κ2) is 16.0. The summed E-state index contributed by atoms with van der Waals surface area (Å²) in [7, 11) is 0. The van der Waals surface area contributed by atoms with Crippen LogP contribution in [0.3, 0.4) is 0 Å². The molecule has 1 saturated carbocycles. The Hall–Kier alpha value is -1.70. The molecule has 1 unspecified atom stereocenters. The maximum Gasteiger partial charge on any atom is 1.00 e. The van der Waals surface area contributed by atoms with E-state index in [1.54, 1.807) is 6.08 Å². The standard InChI is InChI=1S/C25H38O7.Ag/c1-5-6-7-8-9-10-14-21-16-17-23(28)22(21)15-12-11-13-18(2)25(24(29)30,31-19(3)26)32-20(4)27;/h10-12,14,18,21-22H,5-9,13,15-17H2,1-4H3,(H,29,30);/q;+1/p-1/b12-11-,14-10+;/t18?,21-,22+;/m0./s1. The predicted molar refractivity (Wildman–Crippen MR) is 118 cm³/mol. The molecule has 0 amide bonds. The normalized spacial score (nSPS) is 19.5. The molecule has 0 aromatic heterocycles. The number of allylic oxidation sites excluding steroid dienone is 4. The number of Topliss-reactive ketones (excluding diaryl/α,β-unsaturated/α-hetero) is 1. The predicted octanol–water partition coefficient (Wildman–Crippen LogP) is 3.65. The summed E-state index contributed by atoms with van der Waals surface area (Å²) < 4.78 is 9.75. The van der Waals surface area contributed by atoms with Gasteiger partial charge in [-0.1, -0.05) is 57.4 Å². The summed E-state index contributed by atoms with van der Waals surface area (Å²) >= 11 is 0. The summed E-state index contributed by atoms with van der Waals surface area (Å²) in [6.45, 7) is 5.75. The number of carboxylic acids is 1. The van der Waals surface area contributed by atoms with E-state index in [4.69, 9.17) is 9.47 Å². The van der Waals surface area contributed by atoms with Crippen LogP contribution in [0.25, 0.3) is 0 Å². The Morgan fingerprint density at radius 1 is 1.09 bits per heavy atom. The number of ketones is 1. The summed E-state index contributed by atoms with van der Waals surface area (Å²) in [4.78, 5) is 46.9. The average Bonchev–Trinajstić information content (AvgIpc) is 3.05. The molecule has 1 rings (SSSR count). The van der Waals surface area contributed by atoms with Crippen molar-refractivity contribution in [1.82, 2.24) is 0 Å². The number of unbranched alkanes of at least 4 members (excludes halogenated alkanes) is 4. The van der Waals surface area contributed by atoms with E-state index in [0.717, 1.165) is 33.1 Å². The summed E-state index contributed by atoms with van der Waals surface area (Å²) in [5.41, 5.74) is 0. The second-order valence-corrected chi connectivity index (χ2v) is 8.54. The van der Waals surface area contributed by atoms with Crippen LogP contribution >= 0.6 is 0 Å². The number of esters is 2. The molecule has 0 bridgehead atoms. The molecule has 0 spiro atoms. The van der Waals surface area contributed by atoms with Crippen LogP contribution < -0.4 is 5.11 Å². The number of hydrogen-bond acceptors (Lipinski definition) is 7. The van der Waals surface area contributed by atoms with Crippen LogP contribution in [0.5, 0.6) is 0 Å². The van der Waals surface area contributed by atoms with Crippen molar-refractivity contribution in [3.63, 3.8) is 0 Å². The average molecular weight is 557 g/mol.